The minimum Gasteiger partial charge on any atom is -0.477 e. The van der Waals surface area contributed by atoms with Crippen molar-refractivity contribution in [3.05, 3.63) is 42.7 Å². The number of carboxylic acid groups (broad SMARTS) is 1. The number of aromatic amines is 2. The number of aromatic carboxylic acids is 1. The van der Waals surface area contributed by atoms with Crippen LogP contribution in [0.25, 0.3) is 0 Å². The zero-order valence-corrected chi connectivity index (χ0v) is 6.77. The van der Waals surface area contributed by atoms with E-state index >= 15 is 0 Å². The summed E-state index contributed by atoms with van der Waals surface area (Å²) in [5.41, 5.74) is 0.227. The molecule has 2 aromatic rings. The van der Waals surface area contributed by atoms with Crippen molar-refractivity contribution < 1.29 is 9.90 Å². The number of carbonyl (C=O) groups is 1. The first-order valence-electron chi connectivity index (χ1n) is 3.60. The lowest BCUT2D eigenvalue weighted by molar-refractivity contribution is 0.0691. The first-order chi connectivity index (χ1) is 6.30. The van der Waals surface area contributed by atoms with Gasteiger partial charge in [-0.2, -0.15) is 0 Å². The molecule has 0 aliphatic rings. The molecule has 68 valence electrons. The van der Waals surface area contributed by atoms with Gasteiger partial charge >= 0.3 is 5.97 Å². The highest BCUT2D eigenvalue weighted by molar-refractivity contribution is 5.85. The Balaban J connectivity index is 0.000000145. The quantitative estimate of drug-likeness (QED) is 0.613. The standard InChI is InChI=1S/C5H5NO2.C3H4N2/c7-5(8)4-2-1-3-6-4;1-2-5-3-4-1/h1-3,6H,(H,7,8);1-3H,(H,4,5). The maximum absolute atomic E-state index is 10.0. The van der Waals surface area contributed by atoms with Crippen LogP contribution in [0.1, 0.15) is 10.5 Å². The Morgan fingerprint density at radius 1 is 1.46 bits per heavy atom. The van der Waals surface area contributed by atoms with E-state index in [0.29, 0.717) is 0 Å². The SMILES string of the molecule is O=C(O)c1ccc[nH]1.c1c[nH]cn1. The highest BCUT2D eigenvalue weighted by Crippen LogP contribution is 1.91. The van der Waals surface area contributed by atoms with Gasteiger partial charge in [0, 0.05) is 18.6 Å². The molecule has 0 atom stereocenters. The van der Waals surface area contributed by atoms with Crippen LogP contribution in [0.15, 0.2) is 37.1 Å². The van der Waals surface area contributed by atoms with Gasteiger partial charge in [0.25, 0.3) is 0 Å². The zero-order valence-electron chi connectivity index (χ0n) is 6.77. The summed E-state index contributed by atoms with van der Waals surface area (Å²) in [6, 6.07) is 3.14. The second kappa shape index (κ2) is 4.76. The Hall–Kier alpha value is -2.04. The van der Waals surface area contributed by atoms with Crippen molar-refractivity contribution in [3.63, 3.8) is 0 Å². The van der Waals surface area contributed by atoms with Gasteiger partial charge in [0.1, 0.15) is 5.69 Å². The lowest BCUT2D eigenvalue weighted by atomic mass is 10.4. The summed E-state index contributed by atoms with van der Waals surface area (Å²) in [5, 5.41) is 8.24. The lowest BCUT2D eigenvalue weighted by Crippen LogP contribution is -1.94. The average molecular weight is 179 g/mol. The Morgan fingerprint density at radius 3 is 2.54 bits per heavy atom. The van der Waals surface area contributed by atoms with E-state index in [-0.39, 0.29) is 5.69 Å². The fraction of sp³-hybridized carbons (Fsp3) is 0. The third-order valence-corrected chi connectivity index (χ3v) is 1.23. The van der Waals surface area contributed by atoms with E-state index in [1.165, 1.54) is 6.07 Å². The van der Waals surface area contributed by atoms with E-state index in [1.54, 1.807) is 31.0 Å². The van der Waals surface area contributed by atoms with Crippen molar-refractivity contribution in [1.29, 1.82) is 0 Å². The Bertz CT molecular complexity index is 309. The van der Waals surface area contributed by atoms with Crippen LogP contribution in [0, 0.1) is 0 Å². The number of H-pyrrole nitrogens is 2. The molecule has 0 aliphatic carbocycles. The highest BCUT2D eigenvalue weighted by Gasteiger charge is 1.98. The number of aromatic nitrogens is 3. The van der Waals surface area contributed by atoms with E-state index < -0.39 is 5.97 Å². The Kier molecular flexibility index (Phi) is 3.31. The normalized spacial score (nSPS) is 8.62. The summed E-state index contributed by atoms with van der Waals surface area (Å²) in [5.74, 6) is -0.921. The predicted octanol–water partition coefficient (Wildman–Crippen LogP) is 1.12. The second-order valence-electron chi connectivity index (χ2n) is 2.15. The molecule has 0 unspecified atom stereocenters. The van der Waals surface area contributed by atoms with E-state index in [4.69, 9.17) is 5.11 Å². The van der Waals surface area contributed by atoms with Crippen molar-refractivity contribution in [2.45, 2.75) is 0 Å². The third-order valence-electron chi connectivity index (χ3n) is 1.23. The first-order valence-corrected chi connectivity index (χ1v) is 3.60. The Morgan fingerprint density at radius 2 is 2.31 bits per heavy atom. The molecule has 2 rings (SSSR count). The number of imidazole rings is 1. The molecule has 2 aromatic heterocycles. The molecule has 3 N–H and O–H groups in total. The molecule has 13 heavy (non-hydrogen) atoms. The number of hydrogen-bond acceptors (Lipinski definition) is 2. The zero-order chi connectivity index (χ0) is 9.52. The molecular weight excluding hydrogens is 170 g/mol. The van der Waals surface area contributed by atoms with Crippen molar-refractivity contribution in [2.24, 2.45) is 0 Å². The monoisotopic (exact) mass is 179 g/mol. The summed E-state index contributed by atoms with van der Waals surface area (Å²) in [4.78, 5) is 19.0. The van der Waals surface area contributed by atoms with Gasteiger partial charge in [-0.25, -0.2) is 9.78 Å². The first kappa shape index (κ1) is 9.05. The summed E-state index contributed by atoms with van der Waals surface area (Å²) in [7, 11) is 0. The molecule has 0 amide bonds. The molecule has 5 nitrogen and oxygen atoms in total. The summed E-state index contributed by atoms with van der Waals surface area (Å²) in [6.45, 7) is 0. The van der Waals surface area contributed by atoms with Gasteiger partial charge < -0.3 is 15.1 Å². The van der Waals surface area contributed by atoms with Crippen LogP contribution < -0.4 is 0 Å². The van der Waals surface area contributed by atoms with Gasteiger partial charge in [0.15, 0.2) is 0 Å². The molecule has 0 saturated heterocycles. The van der Waals surface area contributed by atoms with Gasteiger partial charge in [-0.1, -0.05) is 0 Å². The van der Waals surface area contributed by atoms with Crippen molar-refractivity contribution >= 4 is 5.97 Å². The largest absolute Gasteiger partial charge is 0.477 e. The van der Waals surface area contributed by atoms with Crippen molar-refractivity contribution in [3.8, 4) is 0 Å². The number of nitrogens with zero attached hydrogens (tertiary/aromatic N) is 1. The van der Waals surface area contributed by atoms with Gasteiger partial charge in [-0.05, 0) is 12.1 Å². The van der Waals surface area contributed by atoms with Crippen LogP contribution in [0.5, 0.6) is 0 Å². The van der Waals surface area contributed by atoms with Crippen molar-refractivity contribution in [2.75, 3.05) is 0 Å². The van der Waals surface area contributed by atoms with Crippen LogP contribution in [-0.2, 0) is 0 Å². The van der Waals surface area contributed by atoms with Crippen molar-refractivity contribution in [1.82, 2.24) is 15.0 Å². The maximum atomic E-state index is 10.0. The molecular formula is C8H9N3O2. The van der Waals surface area contributed by atoms with Crippen LogP contribution >= 0.6 is 0 Å². The molecule has 0 radical (unpaired) electrons. The number of carboxylic acids is 1. The fourth-order valence-corrected chi connectivity index (χ4v) is 0.679. The highest BCUT2D eigenvalue weighted by atomic mass is 16.4. The minimum atomic E-state index is -0.921. The topological polar surface area (TPSA) is 81.8 Å². The summed E-state index contributed by atoms with van der Waals surface area (Å²) >= 11 is 0. The fourth-order valence-electron chi connectivity index (χ4n) is 0.679. The van der Waals surface area contributed by atoms with E-state index in [9.17, 15) is 4.79 Å². The third kappa shape index (κ3) is 3.24. The van der Waals surface area contributed by atoms with Crippen LogP contribution in [0.4, 0.5) is 0 Å². The minimum absolute atomic E-state index is 0.227. The van der Waals surface area contributed by atoms with E-state index in [2.05, 4.69) is 15.0 Å². The van der Waals surface area contributed by atoms with E-state index in [0.717, 1.165) is 0 Å². The number of nitrogens with one attached hydrogen (secondary N) is 2. The molecule has 0 saturated carbocycles. The summed E-state index contributed by atoms with van der Waals surface area (Å²) < 4.78 is 0. The molecule has 2 heterocycles. The second-order valence-corrected chi connectivity index (χ2v) is 2.15. The van der Waals surface area contributed by atoms with Gasteiger partial charge in [-0.3, -0.25) is 0 Å². The summed E-state index contributed by atoms with van der Waals surface area (Å²) in [6.07, 6.45) is 6.66. The molecule has 0 aliphatic heterocycles. The van der Waals surface area contributed by atoms with Gasteiger partial charge in [-0.15, -0.1) is 0 Å². The molecule has 5 heteroatoms. The van der Waals surface area contributed by atoms with Crippen LogP contribution in [-0.4, -0.2) is 26.0 Å². The number of rotatable bonds is 1. The molecule has 0 bridgehead atoms. The maximum Gasteiger partial charge on any atom is 0.352 e. The van der Waals surface area contributed by atoms with E-state index in [1.807, 2.05) is 0 Å². The van der Waals surface area contributed by atoms with Crippen LogP contribution in [0.3, 0.4) is 0 Å². The molecule has 0 spiro atoms. The molecule has 0 fully saturated rings. The smallest absolute Gasteiger partial charge is 0.352 e. The Labute approximate surface area is 74.5 Å². The average Bonchev–Trinajstić information content (AvgIpc) is 2.82. The predicted molar refractivity (Wildman–Crippen MR) is 46.3 cm³/mol. The molecule has 0 aromatic carbocycles. The van der Waals surface area contributed by atoms with Gasteiger partial charge in [0.2, 0.25) is 0 Å². The number of hydrogen-bond donors (Lipinski definition) is 3. The lowest BCUT2D eigenvalue weighted by Gasteiger charge is -1.80. The van der Waals surface area contributed by atoms with Crippen LogP contribution in [0.2, 0.25) is 0 Å². The van der Waals surface area contributed by atoms with Gasteiger partial charge in [0.05, 0.1) is 6.33 Å².